The Labute approximate surface area is 151 Å². The Kier molecular flexibility index (Phi) is 4.26. The fourth-order valence-corrected chi connectivity index (χ4v) is 3.92. The minimum Gasteiger partial charge on any atom is -0.448 e. The molecule has 136 valence electrons. The average molecular weight is 353 g/mol. The van der Waals surface area contributed by atoms with Crippen LogP contribution in [-0.2, 0) is 11.3 Å². The minimum atomic E-state index is -0.327. The van der Waals surface area contributed by atoms with Gasteiger partial charge in [0.05, 0.1) is 6.33 Å². The number of benzene rings is 1. The summed E-state index contributed by atoms with van der Waals surface area (Å²) in [5, 5.41) is 3.90. The Hall–Kier alpha value is -2.63. The van der Waals surface area contributed by atoms with E-state index in [0.717, 1.165) is 18.2 Å². The third-order valence-corrected chi connectivity index (χ3v) is 5.72. The average Bonchev–Trinajstić information content (AvgIpc) is 3.01. The largest absolute Gasteiger partial charge is 0.448 e. The van der Waals surface area contributed by atoms with Crippen LogP contribution in [0.1, 0.15) is 33.1 Å². The predicted octanol–water partition coefficient (Wildman–Crippen LogP) is 3.08. The van der Waals surface area contributed by atoms with E-state index in [1.54, 1.807) is 6.07 Å². The molecule has 3 aromatic rings. The highest BCUT2D eigenvalue weighted by atomic mass is 16.3. The number of nitrogens with zero attached hydrogens (tertiary/aromatic N) is 2. The van der Waals surface area contributed by atoms with Crippen molar-refractivity contribution < 1.29 is 9.21 Å². The van der Waals surface area contributed by atoms with Crippen molar-refractivity contribution in [1.29, 1.82) is 0 Å². The summed E-state index contributed by atoms with van der Waals surface area (Å²) >= 11 is 0. The van der Waals surface area contributed by atoms with Gasteiger partial charge >= 0.3 is 0 Å². The van der Waals surface area contributed by atoms with Gasteiger partial charge < -0.3 is 9.73 Å². The molecular formula is C20H23N3O3. The van der Waals surface area contributed by atoms with Gasteiger partial charge in [0.15, 0.2) is 0 Å². The van der Waals surface area contributed by atoms with Crippen molar-refractivity contribution in [3.8, 4) is 0 Å². The lowest BCUT2D eigenvalue weighted by Crippen LogP contribution is -2.45. The zero-order valence-electron chi connectivity index (χ0n) is 15.1. The number of para-hydroxylation sites is 1. The summed E-state index contributed by atoms with van der Waals surface area (Å²) in [4.78, 5) is 29.5. The van der Waals surface area contributed by atoms with Gasteiger partial charge in [-0.1, -0.05) is 38.8 Å². The highest BCUT2D eigenvalue weighted by molar-refractivity contribution is 6.01. The topological polar surface area (TPSA) is 77.1 Å². The fraction of sp³-hybridized carbons (Fsp3) is 0.450. The first kappa shape index (κ1) is 16.8. The lowest BCUT2D eigenvalue weighted by atomic mass is 9.78. The number of carbonyl (C=O) groups excluding carboxylic acids is 1. The van der Waals surface area contributed by atoms with Crippen molar-refractivity contribution in [2.45, 2.75) is 45.7 Å². The molecule has 1 aromatic carbocycles. The maximum absolute atomic E-state index is 12.7. The van der Waals surface area contributed by atoms with E-state index in [1.165, 1.54) is 17.3 Å². The molecule has 6 heteroatoms. The lowest BCUT2D eigenvalue weighted by Gasteiger charge is -2.34. The summed E-state index contributed by atoms with van der Waals surface area (Å²) in [5.74, 6) is 0.890. The van der Waals surface area contributed by atoms with E-state index in [2.05, 4.69) is 24.1 Å². The first-order valence-electron chi connectivity index (χ1n) is 9.20. The SMILES string of the molecule is C[C@@H]1[C@H](C)CCC[C@@H]1NC(=O)Cn1cnc2c(oc3ccccc32)c1=O. The Bertz CT molecular complexity index is 1020. The molecule has 2 heterocycles. The van der Waals surface area contributed by atoms with Gasteiger partial charge in [-0.15, -0.1) is 0 Å². The number of furan rings is 1. The Morgan fingerprint density at radius 2 is 2.12 bits per heavy atom. The fourth-order valence-electron chi connectivity index (χ4n) is 3.92. The summed E-state index contributed by atoms with van der Waals surface area (Å²) in [6.45, 7) is 4.37. The van der Waals surface area contributed by atoms with Crippen LogP contribution in [0, 0.1) is 11.8 Å². The van der Waals surface area contributed by atoms with E-state index in [-0.39, 0.29) is 29.6 Å². The number of aromatic nitrogens is 2. The molecule has 0 unspecified atom stereocenters. The van der Waals surface area contributed by atoms with Gasteiger partial charge in [0, 0.05) is 11.4 Å². The van der Waals surface area contributed by atoms with Crippen LogP contribution in [0.25, 0.3) is 22.1 Å². The number of carbonyl (C=O) groups is 1. The van der Waals surface area contributed by atoms with Gasteiger partial charge in [-0.25, -0.2) is 4.98 Å². The lowest BCUT2D eigenvalue weighted by molar-refractivity contribution is -0.123. The molecular weight excluding hydrogens is 330 g/mol. The maximum Gasteiger partial charge on any atom is 0.297 e. The molecule has 1 amide bonds. The zero-order chi connectivity index (χ0) is 18.3. The molecule has 1 saturated carbocycles. The van der Waals surface area contributed by atoms with E-state index in [9.17, 15) is 9.59 Å². The Morgan fingerprint density at radius 3 is 2.96 bits per heavy atom. The molecule has 0 radical (unpaired) electrons. The van der Waals surface area contributed by atoms with E-state index >= 15 is 0 Å². The third-order valence-electron chi connectivity index (χ3n) is 5.72. The molecule has 1 N–H and O–H groups in total. The first-order chi connectivity index (χ1) is 12.5. The van der Waals surface area contributed by atoms with Gasteiger partial charge in [0.1, 0.15) is 17.6 Å². The van der Waals surface area contributed by atoms with Gasteiger partial charge in [-0.05, 0) is 30.4 Å². The van der Waals surface area contributed by atoms with Crippen molar-refractivity contribution in [2.24, 2.45) is 11.8 Å². The monoisotopic (exact) mass is 353 g/mol. The zero-order valence-corrected chi connectivity index (χ0v) is 15.1. The molecule has 1 aliphatic carbocycles. The van der Waals surface area contributed by atoms with Gasteiger partial charge in [0.2, 0.25) is 11.5 Å². The van der Waals surface area contributed by atoms with E-state index in [0.29, 0.717) is 22.9 Å². The summed E-state index contributed by atoms with van der Waals surface area (Å²) < 4.78 is 6.98. The van der Waals surface area contributed by atoms with Gasteiger partial charge in [-0.2, -0.15) is 0 Å². The van der Waals surface area contributed by atoms with Crippen molar-refractivity contribution in [1.82, 2.24) is 14.9 Å². The standard InChI is InChI=1S/C20H23N3O3/c1-12-6-5-8-15(13(12)2)22-17(24)10-23-11-21-18-14-7-3-4-9-16(14)26-19(18)20(23)25/h3-4,7,9,11-13,15H,5-6,8,10H2,1-2H3,(H,22,24)/t12-,13-,15+/m1/s1. The Balaban J connectivity index is 1.57. The number of fused-ring (bicyclic) bond motifs is 3. The normalized spacial score (nSPS) is 23.4. The van der Waals surface area contributed by atoms with E-state index in [1.807, 2.05) is 18.2 Å². The van der Waals surface area contributed by atoms with Crippen molar-refractivity contribution in [3.05, 3.63) is 40.9 Å². The molecule has 6 nitrogen and oxygen atoms in total. The smallest absolute Gasteiger partial charge is 0.297 e. The summed E-state index contributed by atoms with van der Waals surface area (Å²) in [7, 11) is 0. The summed E-state index contributed by atoms with van der Waals surface area (Å²) in [5.41, 5.74) is 1.03. The number of hydrogen-bond donors (Lipinski definition) is 1. The van der Waals surface area contributed by atoms with E-state index in [4.69, 9.17) is 4.42 Å². The van der Waals surface area contributed by atoms with Crippen LogP contribution in [0.3, 0.4) is 0 Å². The van der Waals surface area contributed by atoms with Gasteiger partial charge in [-0.3, -0.25) is 14.2 Å². The van der Waals surface area contributed by atoms with E-state index < -0.39 is 0 Å². The second kappa shape index (κ2) is 6.59. The predicted molar refractivity (Wildman–Crippen MR) is 99.9 cm³/mol. The molecule has 1 aliphatic rings. The van der Waals surface area contributed by atoms with Crippen LogP contribution in [0.5, 0.6) is 0 Å². The van der Waals surface area contributed by atoms with Crippen LogP contribution in [0.4, 0.5) is 0 Å². The van der Waals surface area contributed by atoms with Crippen LogP contribution in [-0.4, -0.2) is 21.5 Å². The molecule has 3 atom stereocenters. The number of nitrogens with one attached hydrogen (secondary N) is 1. The van der Waals surface area contributed by atoms with Crippen molar-refractivity contribution >= 4 is 28.0 Å². The van der Waals surface area contributed by atoms with Crippen LogP contribution in [0.2, 0.25) is 0 Å². The molecule has 4 rings (SSSR count). The summed E-state index contributed by atoms with van der Waals surface area (Å²) in [6, 6.07) is 7.58. The molecule has 0 aliphatic heterocycles. The summed E-state index contributed by atoms with van der Waals surface area (Å²) in [6.07, 6.45) is 4.76. The minimum absolute atomic E-state index is 0.0452. The van der Waals surface area contributed by atoms with Crippen molar-refractivity contribution in [2.75, 3.05) is 0 Å². The maximum atomic E-state index is 12.7. The highest BCUT2D eigenvalue weighted by Gasteiger charge is 2.28. The molecule has 0 saturated heterocycles. The van der Waals surface area contributed by atoms with Crippen LogP contribution in [0.15, 0.2) is 39.8 Å². The van der Waals surface area contributed by atoms with Crippen LogP contribution >= 0.6 is 0 Å². The molecule has 0 bridgehead atoms. The number of rotatable bonds is 3. The molecule has 1 fully saturated rings. The third kappa shape index (κ3) is 2.89. The Morgan fingerprint density at radius 1 is 1.31 bits per heavy atom. The molecule has 26 heavy (non-hydrogen) atoms. The first-order valence-corrected chi connectivity index (χ1v) is 9.20. The molecule has 2 aromatic heterocycles. The van der Waals surface area contributed by atoms with Crippen LogP contribution < -0.4 is 10.9 Å². The van der Waals surface area contributed by atoms with Crippen molar-refractivity contribution in [3.63, 3.8) is 0 Å². The molecule has 0 spiro atoms. The highest BCUT2D eigenvalue weighted by Crippen LogP contribution is 2.29. The number of hydrogen-bond acceptors (Lipinski definition) is 4. The quantitative estimate of drug-likeness (QED) is 0.785. The second-order valence-corrected chi connectivity index (χ2v) is 7.39. The number of amides is 1. The van der Waals surface area contributed by atoms with Gasteiger partial charge in [0.25, 0.3) is 5.56 Å². The second-order valence-electron chi connectivity index (χ2n) is 7.39.